The van der Waals surface area contributed by atoms with Crippen LogP contribution in [0.25, 0.3) is 17.7 Å². The number of H-pyrrole nitrogens is 1. The van der Waals surface area contributed by atoms with E-state index < -0.39 is 5.60 Å². The number of amides is 1. The monoisotopic (exact) mass is 380 g/mol. The van der Waals surface area contributed by atoms with Crippen LogP contribution in [0.3, 0.4) is 0 Å². The second-order valence-corrected chi connectivity index (χ2v) is 6.89. The highest BCUT2D eigenvalue weighted by atomic mass is 16.5. The van der Waals surface area contributed by atoms with Gasteiger partial charge in [0.2, 0.25) is 0 Å². The topological polar surface area (TPSA) is 74.4 Å². The van der Waals surface area contributed by atoms with E-state index in [9.17, 15) is 9.90 Å². The Balaban J connectivity index is 0.00000109. The second-order valence-electron chi connectivity index (χ2n) is 6.89. The van der Waals surface area contributed by atoms with Gasteiger partial charge in [-0.2, -0.15) is 0 Å². The molecule has 1 fully saturated rings. The van der Waals surface area contributed by atoms with Crippen LogP contribution in [0.2, 0.25) is 0 Å². The van der Waals surface area contributed by atoms with Crippen molar-refractivity contribution in [3.63, 3.8) is 0 Å². The number of methoxy groups -OCH3 is 1. The minimum Gasteiger partial charge on any atom is -0.495 e. The number of nitrogens with one attached hydrogen (secondary N) is 2. The number of anilines is 1. The number of rotatable bonds is 4. The van der Waals surface area contributed by atoms with Gasteiger partial charge < -0.3 is 20.1 Å². The fourth-order valence-electron chi connectivity index (χ4n) is 3.76. The van der Waals surface area contributed by atoms with Crippen molar-refractivity contribution in [1.29, 1.82) is 0 Å². The van der Waals surface area contributed by atoms with Crippen molar-refractivity contribution in [3.05, 3.63) is 53.4 Å². The van der Waals surface area contributed by atoms with E-state index in [1.807, 2.05) is 56.3 Å². The molecule has 1 amide bonds. The van der Waals surface area contributed by atoms with E-state index in [-0.39, 0.29) is 5.91 Å². The minimum atomic E-state index is -0.731. The van der Waals surface area contributed by atoms with E-state index in [0.29, 0.717) is 11.3 Å². The van der Waals surface area contributed by atoms with Gasteiger partial charge in [-0.3, -0.25) is 4.79 Å². The van der Waals surface area contributed by atoms with E-state index in [2.05, 4.69) is 10.3 Å². The molecular formula is C23H28N2O3. The van der Waals surface area contributed by atoms with E-state index in [4.69, 9.17) is 4.74 Å². The fourth-order valence-corrected chi connectivity index (χ4v) is 3.76. The molecule has 5 heteroatoms. The van der Waals surface area contributed by atoms with Gasteiger partial charge in [0.1, 0.15) is 5.75 Å². The summed E-state index contributed by atoms with van der Waals surface area (Å²) < 4.78 is 5.32. The van der Waals surface area contributed by atoms with Gasteiger partial charge in [-0.05, 0) is 36.6 Å². The van der Waals surface area contributed by atoms with E-state index >= 15 is 0 Å². The highest BCUT2D eigenvalue weighted by Crippen LogP contribution is 2.38. The quantitative estimate of drug-likeness (QED) is 0.663. The standard InChI is InChI=1S/C21H22N2O3.C2H6/c1-26-18-8-12-22-17(18)13-15-19-14(5-4-6-16(19)23-20(15)24)7-11-21(25)9-2-3-10-21;1-2/h4-8,11-13,22,25H,2-3,9-10H2,1H3,(H,23,24);1-2H3/b11-7?,15-13-;. The Labute approximate surface area is 166 Å². The Bertz CT molecular complexity index is 902. The van der Waals surface area contributed by atoms with Gasteiger partial charge in [-0.15, -0.1) is 0 Å². The fraction of sp³-hybridized carbons (Fsp3) is 0.348. The first kappa shape index (κ1) is 20.0. The first-order chi connectivity index (χ1) is 13.6. The molecule has 1 aliphatic carbocycles. The maximum atomic E-state index is 12.5. The molecule has 2 aliphatic rings. The lowest BCUT2D eigenvalue weighted by molar-refractivity contribution is -0.110. The molecule has 0 radical (unpaired) electrons. The number of carbonyl (C=O) groups is 1. The largest absolute Gasteiger partial charge is 0.495 e. The number of hydrogen-bond donors (Lipinski definition) is 3. The number of hydrogen-bond acceptors (Lipinski definition) is 3. The Morgan fingerprint density at radius 2 is 1.93 bits per heavy atom. The predicted octanol–water partition coefficient (Wildman–Crippen LogP) is 4.86. The summed E-state index contributed by atoms with van der Waals surface area (Å²) in [5.74, 6) is 0.545. The zero-order valence-corrected chi connectivity index (χ0v) is 16.7. The third-order valence-corrected chi connectivity index (χ3v) is 5.15. The number of aromatic nitrogens is 1. The molecule has 28 heavy (non-hydrogen) atoms. The smallest absolute Gasteiger partial charge is 0.256 e. The van der Waals surface area contributed by atoms with Gasteiger partial charge in [-0.25, -0.2) is 0 Å². The Hall–Kier alpha value is -2.79. The second kappa shape index (κ2) is 8.48. The summed E-state index contributed by atoms with van der Waals surface area (Å²) in [5.41, 5.74) is 3.15. The lowest BCUT2D eigenvalue weighted by Crippen LogP contribution is -2.19. The molecule has 0 unspecified atom stereocenters. The van der Waals surface area contributed by atoms with Crippen LogP contribution < -0.4 is 10.1 Å². The van der Waals surface area contributed by atoms with Gasteiger partial charge in [0.05, 0.1) is 24.0 Å². The number of benzene rings is 1. The molecule has 0 atom stereocenters. The molecule has 4 rings (SSSR count). The van der Waals surface area contributed by atoms with Crippen LogP contribution in [0, 0.1) is 0 Å². The van der Waals surface area contributed by atoms with Gasteiger partial charge in [0, 0.05) is 17.4 Å². The van der Waals surface area contributed by atoms with Crippen LogP contribution in [-0.4, -0.2) is 28.7 Å². The molecular weight excluding hydrogens is 352 g/mol. The maximum absolute atomic E-state index is 12.5. The predicted molar refractivity (Wildman–Crippen MR) is 114 cm³/mol. The van der Waals surface area contributed by atoms with Crippen molar-refractivity contribution in [2.75, 3.05) is 12.4 Å². The highest BCUT2D eigenvalue weighted by Gasteiger charge is 2.29. The maximum Gasteiger partial charge on any atom is 0.256 e. The van der Waals surface area contributed by atoms with Crippen LogP contribution in [-0.2, 0) is 4.79 Å². The molecule has 5 nitrogen and oxygen atoms in total. The summed E-state index contributed by atoms with van der Waals surface area (Å²) in [6.07, 6.45) is 11.1. The molecule has 3 N–H and O–H groups in total. The van der Waals surface area contributed by atoms with Crippen LogP contribution in [0.5, 0.6) is 5.75 Å². The molecule has 2 aromatic rings. The van der Waals surface area contributed by atoms with Crippen molar-refractivity contribution in [1.82, 2.24) is 4.98 Å². The Morgan fingerprint density at radius 1 is 1.18 bits per heavy atom. The zero-order valence-electron chi connectivity index (χ0n) is 16.7. The van der Waals surface area contributed by atoms with Crippen molar-refractivity contribution in [2.45, 2.75) is 45.1 Å². The van der Waals surface area contributed by atoms with Crippen LogP contribution in [0.4, 0.5) is 5.69 Å². The average molecular weight is 380 g/mol. The Morgan fingerprint density at radius 3 is 2.64 bits per heavy atom. The Kier molecular flexibility index (Phi) is 6.05. The third-order valence-electron chi connectivity index (χ3n) is 5.15. The summed E-state index contributed by atoms with van der Waals surface area (Å²) in [4.78, 5) is 15.6. The van der Waals surface area contributed by atoms with Crippen molar-refractivity contribution in [2.24, 2.45) is 0 Å². The third kappa shape index (κ3) is 3.90. The van der Waals surface area contributed by atoms with E-state index in [1.54, 1.807) is 13.3 Å². The lowest BCUT2D eigenvalue weighted by Gasteiger charge is -2.16. The molecule has 0 spiro atoms. The zero-order chi connectivity index (χ0) is 20.1. The number of aliphatic hydroxyl groups is 1. The molecule has 1 aromatic carbocycles. The highest BCUT2D eigenvalue weighted by molar-refractivity contribution is 6.35. The van der Waals surface area contributed by atoms with Crippen LogP contribution in [0.1, 0.15) is 56.4 Å². The minimum absolute atomic E-state index is 0.142. The first-order valence-corrected chi connectivity index (χ1v) is 9.89. The van der Waals surface area contributed by atoms with E-state index in [0.717, 1.165) is 48.2 Å². The first-order valence-electron chi connectivity index (χ1n) is 9.89. The molecule has 0 bridgehead atoms. The number of ether oxygens (including phenoxy) is 1. The lowest BCUT2D eigenvalue weighted by atomic mass is 9.96. The van der Waals surface area contributed by atoms with Gasteiger partial charge in [-0.1, -0.05) is 51.0 Å². The summed E-state index contributed by atoms with van der Waals surface area (Å²) in [5, 5.41) is 13.5. The van der Waals surface area contributed by atoms with Gasteiger partial charge >= 0.3 is 0 Å². The van der Waals surface area contributed by atoms with Gasteiger partial charge in [0.15, 0.2) is 0 Å². The summed E-state index contributed by atoms with van der Waals surface area (Å²) in [6, 6.07) is 7.59. The van der Waals surface area contributed by atoms with Crippen LogP contribution in [0.15, 0.2) is 36.5 Å². The number of carbonyl (C=O) groups excluding carboxylic acids is 1. The SMILES string of the molecule is CC.COc1cc[nH]c1/C=C1\C(=O)Nc2cccc(C=CC3(O)CCCC3)c21. The van der Waals surface area contributed by atoms with Crippen LogP contribution >= 0.6 is 0 Å². The van der Waals surface area contributed by atoms with Crippen molar-refractivity contribution >= 4 is 29.3 Å². The molecule has 1 aromatic heterocycles. The molecule has 2 heterocycles. The van der Waals surface area contributed by atoms with Crippen molar-refractivity contribution < 1.29 is 14.6 Å². The molecule has 148 valence electrons. The summed E-state index contributed by atoms with van der Waals surface area (Å²) >= 11 is 0. The molecule has 1 saturated carbocycles. The number of aromatic amines is 1. The van der Waals surface area contributed by atoms with Gasteiger partial charge in [0.25, 0.3) is 5.91 Å². The van der Waals surface area contributed by atoms with E-state index in [1.165, 1.54) is 0 Å². The van der Waals surface area contributed by atoms with Crippen molar-refractivity contribution in [3.8, 4) is 5.75 Å². The molecule has 0 saturated heterocycles. The normalized spacial score (nSPS) is 18.7. The average Bonchev–Trinajstić information content (AvgIpc) is 3.42. The molecule has 1 aliphatic heterocycles. The number of fused-ring (bicyclic) bond motifs is 1. The summed E-state index contributed by atoms with van der Waals surface area (Å²) in [7, 11) is 1.60. The summed E-state index contributed by atoms with van der Waals surface area (Å²) in [6.45, 7) is 4.00.